The van der Waals surface area contributed by atoms with Gasteiger partial charge in [-0.1, -0.05) is 24.3 Å². The molecule has 0 spiro atoms. The van der Waals surface area contributed by atoms with Crippen LogP contribution in [-0.4, -0.2) is 18.0 Å². The highest BCUT2D eigenvalue weighted by Crippen LogP contribution is 2.26. The lowest BCUT2D eigenvalue weighted by molar-refractivity contribution is 0.100. The Balaban J connectivity index is 1.97. The van der Waals surface area contributed by atoms with Crippen molar-refractivity contribution in [3.63, 3.8) is 0 Å². The molecule has 0 unspecified atom stereocenters. The maximum absolute atomic E-state index is 11.6. The lowest BCUT2D eigenvalue weighted by Crippen LogP contribution is -2.12. The van der Waals surface area contributed by atoms with Crippen LogP contribution in [0.25, 0.3) is 10.9 Å². The highest BCUT2D eigenvalue weighted by atomic mass is 16.5. The molecule has 0 radical (unpaired) electrons. The fourth-order valence-corrected chi connectivity index (χ4v) is 2.70. The Hall–Kier alpha value is -3.08. The Morgan fingerprint density at radius 1 is 1.21 bits per heavy atom. The topological polar surface area (TPSA) is 77.2 Å². The lowest BCUT2D eigenvalue weighted by atomic mass is 10.1. The van der Waals surface area contributed by atoms with Gasteiger partial charge in [0.15, 0.2) is 0 Å². The van der Waals surface area contributed by atoms with E-state index in [1.165, 1.54) is 0 Å². The minimum Gasteiger partial charge on any atom is -0.497 e. The number of nitrogens with one attached hydrogen (secondary N) is 1. The van der Waals surface area contributed by atoms with E-state index >= 15 is 0 Å². The average Bonchev–Trinajstić information content (AvgIpc) is 2.59. The van der Waals surface area contributed by atoms with E-state index in [1.807, 2.05) is 49.4 Å². The first-order valence-corrected chi connectivity index (χ1v) is 7.65. The van der Waals surface area contributed by atoms with E-state index in [4.69, 9.17) is 10.5 Å². The summed E-state index contributed by atoms with van der Waals surface area (Å²) in [6, 6.07) is 15.3. The predicted molar refractivity (Wildman–Crippen MR) is 95.3 cm³/mol. The van der Waals surface area contributed by atoms with Gasteiger partial charge < -0.3 is 15.8 Å². The van der Waals surface area contributed by atoms with Gasteiger partial charge in [-0.3, -0.25) is 9.78 Å². The number of hydrogen-bond acceptors (Lipinski definition) is 4. The van der Waals surface area contributed by atoms with Gasteiger partial charge in [0.25, 0.3) is 5.91 Å². The van der Waals surface area contributed by atoms with Crippen LogP contribution in [0.2, 0.25) is 0 Å². The molecule has 0 fully saturated rings. The first-order valence-electron chi connectivity index (χ1n) is 7.65. The number of fused-ring (bicyclic) bond motifs is 1. The largest absolute Gasteiger partial charge is 0.497 e. The van der Waals surface area contributed by atoms with Crippen molar-refractivity contribution in [3.8, 4) is 5.75 Å². The van der Waals surface area contributed by atoms with Gasteiger partial charge in [-0.15, -0.1) is 0 Å². The van der Waals surface area contributed by atoms with Crippen molar-refractivity contribution >= 4 is 22.5 Å². The highest BCUT2D eigenvalue weighted by molar-refractivity contribution is 6.07. The van der Waals surface area contributed by atoms with Crippen molar-refractivity contribution in [1.82, 2.24) is 4.98 Å². The quantitative estimate of drug-likeness (QED) is 0.756. The summed E-state index contributed by atoms with van der Waals surface area (Å²) >= 11 is 0. The zero-order valence-electron chi connectivity index (χ0n) is 13.7. The number of rotatable bonds is 5. The third-order valence-electron chi connectivity index (χ3n) is 3.85. The van der Waals surface area contributed by atoms with Gasteiger partial charge >= 0.3 is 0 Å². The maximum Gasteiger partial charge on any atom is 0.250 e. The molecule has 0 atom stereocenters. The zero-order chi connectivity index (χ0) is 17.1. The summed E-state index contributed by atoms with van der Waals surface area (Å²) in [6.07, 6.45) is 0. The van der Waals surface area contributed by atoms with E-state index in [0.717, 1.165) is 28.1 Å². The van der Waals surface area contributed by atoms with Crippen molar-refractivity contribution in [2.45, 2.75) is 13.5 Å². The SMILES string of the molecule is COc1cccc(CNc2cc(C)nc3c(C(N)=O)cccc23)c1. The number of benzene rings is 2. The second-order valence-corrected chi connectivity index (χ2v) is 5.58. The zero-order valence-corrected chi connectivity index (χ0v) is 13.7. The van der Waals surface area contributed by atoms with Gasteiger partial charge in [-0.05, 0) is 36.8 Å². The first kappa shape index (κ1) is 15.8. The molecular weight excluding hydrogens is 302 g/mol. The fraction of sp³-hybridized carbons (Fsp3) is 0.158. The van der Waals surface area contributed by atoms with Crippen LogP contribution in [0, 0.1) is 6.92 Å². The van der Waals surface area contributed by atoms with Crippen LogP contribution in [0.4, 0.5) is 5.69 Å². The molecule has 24 heavy (non-hydrogen) atoms. The molecule has 5 heteroatoms. The van der Waals surface area contributed by atoms with Gasteiger partial charge in [-0.2, -0.15) is 0 Å². The van der Waals surface area contributed by atoms with Crippen molar-refractivity contribution in [2.75, 3.05) is 12.4 Å². The summed E-state index contributed by atoms with van der Waals surface area (Å²) in [5.41, 5.74) is 9.36. The number of carbonyl (C=O) groups excluding carboxylic acids is 1. The third kappa shape index (κ3) is 3.15. The number of nitrogens with two attached hydrogens (primary N) is 1. The molecule has 0 aliphatic rings. The Labute approximate surface area is 140 Å². The average molecular weight is 321 g/mol. The minimum atomic E-state index is -0.475. The Kier molecular flexibility index (Phi) is 4.33. The molecule has 0 aliphatic carbocycles. The number of pyridine rings is 1. The number of anilines is 1. The number of aromatic nitrogens is 1. The van der Waals surface area contributed by atoms with Gasteiger partial charge in [0.1, 0.15) is 5.75 Å². The number of para-hydroxylation sites is 1. The van der Waals surface area contributed by atoms with Crippen LogP contribution >= 0.6 is 0 Å². The normalized spacial score (nSPS) is 10.6. The molecule has 3 N–H and O–H groups in total. The Morgan fingerprint density at radius 2 is 2.00 bits per heavy atom. The summed E-state index contributed by atoms with van der Waals surface area (Å²) < 4.78 is 5.25. The molecule has 0 saturated carbocycles. The molecule has 3 rings (SSSR count). The van der Waals surface area contributed by atoms with E-state index in [2.05, 4.69) is 10.3 Å². The molecule has 122 valence electrons. The predicted octanol–water partition coefficient (Wildman–Crippen LogP) is 3.26. The highest BCUT2D eigenvalue weighted by Gasteiger charge is 2.11. The number of ether oxygens (including phenoxy) is 1. The van der Waals surface area contributed by atoms with E-state index in [1.54, 1.807) is 13.2 Å². The van der Waals surface area contributed by atoms with Crippen LogP contribution < -0.4 is 15.8 Å². The summed E-state index contributed by atoms with van der Waals surface area (Å²) in [4.78, 5) is 16.1. The summed E-state index contributed by atoms with van der Waals surface area (Å²) in [6.45, 7) is 2.53. The number of hydrogen-bond donors (Lipinski definition) is 2. The summed E-state index contributed by atoms with van der Waals surface area (Å²) in [7, 11) is 1.65. The third-order valence-corrected chi connectivity index (χ3v) is 3.85. The number of primary amides is 1. The Morgan fingerprint density at radius 3 is 2.75 bits per heavy atom. The molecule has 0 bridgehead atoms. The van der Waals surface area contributed by atoms with Crippen molar-refractivity contribution < 1.29 is 9.53 Å². The van der Waals surface area contributed by atoms with Crippen LogP contribution in [0.3, 0.4) is 0 Å². The van der Waals surface area contributed by atoms with Crippen LogP contribution in [0.5, 0.6) is 5.75 Å². The monoisotopic (exact) mass is 321 g/mol. The summed E-state index contributed by atoms with van der Waals surface area (Å²) in [5, 5.41) is 4.29. The van der Waals surface area contributed by atoms with Crippen molar-refractivity contribution in [3.05, 3.63) is 65.4 Å². The molecule has 2 aromatic carbocycles. The smallest absolute Gasteiger partial charge is 0.250 e. The van der Waals surface area contributed by atoms with E-state index in [9.17, 15) is 4.79 Å². The Bertz CT molecular complexity index is 906. The fourth-order valence-electron chi connectivity index (χ4n) is 2.70. The van der Waals surface area contributed by atoms with Crippen LogP contribution in [0.15, 0.2) is 48.5 Å². The molecule has 3 aromatic rings. The van der Waals surface area contributed by atoms with Gasteiger partial charge in [-0.25, -0.2) is 0 Å². The number of nitrogens with zero attached hydrogens (tertiary/aromatic N) is 1. The van der Waals surface area contributed by atoms with E-state index in [0.29, 0.717) is 17.6 Å². The molecule has 1 aromatic heterocycles. The molecule has 0 aliphatic heterocycles. The van der Waals surface area contributed by atoms with E-state index in [-0.39, 0.29) is 0 Å². The standard InChI is InChI=1S/C19H19N3O2/c1-12-9-17(21-11-13-5-3-6-14(10-13)24-2)15-7-4-8-16(19(20)23)18(15)22-12/h3-10H,11H2,1-2H3,(H2,20,23)(H,21,22). The van der Waals surface area contributed by atoms with Crippen molar-refractivity contribution in [1.29, 1.82) is 0 Å². The number of methoxy groups -OCH3 is 1. The first-order chi connectivity index (χ1) is 11.6. The molecule has 5 nitrogen and oxygen atoms in total. The summed E-state index contributed by atoms with van der Waals surface area (Å²) in [5.74, 6) is 0.346. The van der Waals surface area contributed by atoms with Crippen LogP contribution in [0.1, 0.15) is 21.6 Å². The second kappa shape index (κ2) is 6.58. The maximum atomic E-state index is 11.6. The lowest BCUT2D eigenvalue weighted by Gasteiger charge is -2.13. The van der Waals surface area contributed by atoms with Crippen molar-refractivity contribution in [2.24, 2.45) is 5.73 Å². The number of aryl methyl sites for hydroxylation is 1. The molecular formula is C19H19N3O2. The van der Waals surface area contributed by atoms with E-state index < -0.39 is 5.91 Å². The van der Waals surface area contributed by atoms with Gasteiger partial charge in [0.05, 0.1) is 18.2 Å². The van der Waals surface area contributed by atoms with Crippen LogP contribution in [-0.2, 0) is 6.54 Å². The molecule has 1 heterocycles. The van der Waals surface area contributed by atoms with Gasteiger partial charge in [0.2, 0.25) is 0 Å². The molecule has 1 amide bonds. The second-order valence-electron chi connectivity index (χ2n) is 5.58. The molecule has 0 saturated heterocycles. The number of amides is 1. The number of carbonyl (C=O) groups is 1. The van der Waals surface area contributed by atoms with Gasteiger partial charge in [0, 0.05) is 23.3 Å². The minimum absolute atomic E-state index is 0.431.